The highest BCUT2D eigenvalue weighted by Gasteiger charge is 2.24. The van der Waals surface area contributed by atoms with Gasteiger partial charge >= 0.3 is 0 Å². The molecule has 0 N–H and O–H groups in total. The summed E-state index contributed by atoms with van der Waals surface area (Å²) >= 11 is 1.84. The molecule has 2 fully saturated rings. The minimum atomic E-state index is 0.216. The maximum atomic E-state index is 12.3. The van der Waals surface area contributed by atoms with Crippen molar-refractivity contribution in [3.05, 3.63) is 35.4 Å². The minimum Gasteiger partial charge on any atom is -0.293 e. The quantitative estimate of drug-likeness (QED) is 0.748. The van der Waals surface area contributed by atoms with Crippen LogP contribution in [0.15, 0.2) is 24.3 Å². The fourth-order valence-corrected chi connectivity index (χ4v) is 4.07. The zero-order valence-electron chi connectivity index (χ0n) is 10.7. The van der Waals surface area contributed by atoms with Crippen molar-refractivity contribution in [2.45, 2.75) is 49.7 Å². The Labute approximate surface area is 113 Å². The van der Waals surface area contributed by atoms with Gasteiger partial charge in [-0.3, -0.25) is 4.79 Å². The summed E-state index contributed by atoms with van der Waals surface area (Å²) in [4.78, 5) is 12.3. The van der Waals surface area contributed by atoms with E-state index in [1.165, 1.54) is 37.7 Å². The van der Waals surface area contributed by atoms with Crippen LogP contribution in [0.25, 0.3) is 0 Å². The fourth-order valence-electron chi connectivity index (χ4n) is 2.79. The molecule has 1 nitrogen and oxygen atoms in total. The molecule has 1 unspecified atom stereocenters. The standard InChI is InChI=1S/C16H20OS/c17-16(15-6-1-2-11-18-15)14-9-7-13(8-10-14)12-4-3-5-12/h7-10,12,15H,1-6,11H2. The molecule has 0 bridgehead atoms. The third-order valence-electron chi connectivity index (χ3n) is 4.24. The molecular weight excluding hydrogens is 240 g/mol. The molecule has 1 heterocycles. The Balaban J connectivity index is 1.69. The molecule has 1 atom stereocenters. The summed E-state index contributed by atoms with van der Waals surface area (Å²) in [7, 11) is 0. The highest BCUT2D eigenvalue weighted by molar-refractivity contribution is 8.00. The van der Waals surface area contributed by atoms with Gasteiger partial charge < -0.3 is 0 Å². The van der Waals surface area contributed by atoms with E-state index >= 15 is 0 Å². The topological polar surface area (TPSA) is 17.1 Å². The van der Waals surface area contributed by atoms with E-state index in [0.717, 1.165) is 23.7 Å². The van der Waals surface area contributed by atoms with E-state index in [1.54, 1.807) is 0 Å². The van der Waals surface area contributed by atoms with Crippen LogP contribution in [-0.4, -0.2) is 16.8 Å². The highest BCUT2D eigenvalue weighted by Crippen LogP contribution is 2.36. The van der Waals surface area contributed by atoms with Gasteiger partial charge in [-0.25, -0.2) is 0 Å². The Morgan fingerprint density at radius 1 is 1.00 bits per heavy atom. The number of ketones is 1. The van der Waals surface area contributed by atoms with Crippen LogP contribution in [-0.2, 0) is 0 Å². The number of benzene rings is 1. The molecule has 18 heavy (non-hydrogen) atoms. The van der Waals surface area contributed by atoms with E-state index in [-0.39, 0.29) is 5.25 Å². The maximum absolute atomic E-state index is 12.3. The van der Waals surface area contributed by atoms with Crippen molar-refractivity contribution < 1.29 is 4.79 Å². The van der Waals surface area contributed by atoms with Crippen molar-refractivity contribution in [3.8, 4) is 0 Å². The molecule has 0 radical (unpaired) electrons. The van der Waals surface area contributed by atoms with Crippen LogP contribution in [0.3, 0.4) is 0 Å². The molecule has 96 valence electrons. The average molecular weight is 260 g/mol. The van der Waals surface area contributed by atoms with Gasteiger partial charge in [-0.2, -0.15) is 11.8 Å². The zero-order valence-corrected chi connectivity index (χ0v) is 11.5. The maximum Gasteiger partial charge on any atom is 0.175 e. The molecule has 2 heteroatoms. The van der Waals surface area contributed by atoms with Crippen molar-refractivity contribution in [1.29, 1.82) is 0 Å². The van der Waals surface area contributed by atoms with Gasteiger partial charge in [0.25, 0.3) is 0 Å². The Kier molecular flexibility index (Phi) is 3.74. The van der Waals surface area contributed by atoms with Crippen molar-refractivity contribution in [1.82, 2.24) is 0 Å². The van der Waals surface area contributed by atoms with Crippen molar-refractivity contribution in [2.75, 3.05) is 5.75 Å². The summed E-state index contributed by atoms with van der Waals surface area (Å²) in [5.74, 6) is 2.26. The summed E-state index contributed by atoms with van der Waals surface area (Å²) < 4.78 is 0. The van der Waals surface area contributed by atoms with Gasteiger partial charge in [-0.15, -0.1) is 0 Å². The van der Waals surface area contributed by atoms with Crippen LogP contribution in [0.5, 0.6) is 0 Å². The van der Waals surface area contributed by atoms with E-state index in [4.69, 9.17) is 0 Å². The normalized spacial score (nSPS) is 24.6. The molecule has 1 aliphatic heterocycles. The predicted molar refractivity (Wildman–Crippen MR) is 77.5 cm³/mol. The lowest BCUT2D eigenvalue weighted by Crippen LogP contribution is -2.21. The number of thioether (sulfide) groups is 1. The second kappa shape index (κ2) is 5.48. The first-order chi connectivity index (χ1) is 8.84. The second-order valence-corrected chi connectivity index (χ2v) is 6.78. The number of carbonyl (C=O) groups excluding carboxylic acids is 1. The molecule has 1 saturated carbocycles. The summed E-state index contributed by atoms with van der Waals surface area (Å²) in [5, 5.41) is 0.216. The molecule has 1 aliphatic carbocycles. The number of rotatable bonds is 3. The van der Waals surface area contributed by atoms with E-state index in [1.807, 2.05) is 23.9 Å². The van der Waals surface area contributed by atoms with Gasteiger partial charge in [0.05, 0.1) is 5.25 Å². The monoisotopic (exact) mass is 260 g/mol. The Morgan fingerprint density at radius 3 is 2.33 bits per heavy atom. The highest BCUT2D eigenvalue weighted by atomic mass is 32.2. The SMILES string of the molecule is O=C(c1ccc(C2CCC2)cc1)C1CCCCS1. The number of hydrogen-bond acceptors (Lipinski definition) is 2. The van der Waals surface area contributed by atoms with Crippen LogP contribution in [0, 0.1) is 0 Å². The van der Waals surface area contributed by atoms with Crippen molar-refractivity contribution in [2.24, 2.45) is 0 Å². The minimum absolute atomic E-state index is 0.216. The van der Waals surface area contributed by atoms with Crippen LogP contribution >= 0.6 is 11.8 Å². The Bertz CT molecular complexity index is 413. The van der Waals surface area contributed by atoms with Crippen LogP contribution < -0.4 is 0 Å². The molecule has 0 spiro atoms. The molecule has 1 aromatic rings. The zero-order chi connectivity index (χ0) is 12.4. The van der Waals surface area contributed by atoms with Gasteiger partial charge in [0.15, 0.2) is 5.78 Å². The number of hydrogen-bond donors (Lipinski definition) is 0. The van der Waals surface area contributed by atoms with Gasteiger partial charge in [0, 0.05) is 5.56 Å². The van der Waals surface area contributed by atoms with E-state index in [0.29, 0.717) is 5.78 Å². The van der Waals surface area contributed by atoms with E-state index in [9.17, 15) is 4.79 Å². The van der Waals surface area contributed by atoms with Crippen LogP contribution in [0.1, 0.15) is 60.4 Å². The lowest BCUT2D eigenvalue weighted by atomic mass is 9.80. The summed E-state index contributed by atoms with van der Waals surface area (Å²) in [6, 6.07) is 8.44. The predicted octanol–water partition coefficient (Wildman–Crippen LogP) is 4.42. The number of Topliss-reactive ketones (excluding diaryl/α,β-unsaturated/α-hetero) is 1. The summed E-state index contributed by atoms with van der Waals surface area (Å²) in [5.41, 5.74) is 2.34. The largest absolute Gasteiger partial charge is 0.293 e. The lowest BCUT2D eigenvalue weighted by Gasteiger charge is -2.26. The van der Waals surface area contributed by atoms with Crippen LogP contribution in [0.4, 0.5) is 0 Å². The average Bonchev–Trinajstić information content (AvgIpc) is 2.38. The molecule has 1 saturated heterocycles. The molecule has 2 aliphatic rings. The summed E-state index contributed by atoms with van der Waals surface area (Å²) in [6.45, 7) is 0. The first kappa shape index (κ1) is 12.3. The van der Waals surface area contributed by atoms with Crippen molar-refractivity contribution >= 4 is 17.5 Å². The van der Waals surface area contributed by atoms with Crippen molar-refractivity contribution in [3.63, 3.8) is 0 Å². The molecule has 0 amide bonds. The lowest BCUT2D eigenvalue weighted by molar-refractivity contribution is 0.0985. The van der Waals surface area contributed by atoms with Gasteiger partial charge in [0.2, 0.25) is 0 Å². The first-order valence-corrected chi connectivity index (χ1v) is 8.15. The number of carbonyl (C=O) groups is 1. The Hall–Kier alpha value is -0.760. The third kappa shape index (κ3) is 2.49. The second-order valence-electron chi connectivity index (χ2n) is 5.47. The van der Waals surface area contributed by atoms with Crippen LogP contribution in [0.2, 0.25) is 0 Å². The third-order valence-corrected chi connectivity index (χ3v) is 5.62. The molecular formula is C16H20OS. The van der Waals surface area contributed by atoms with E-state index < -0.39 is 0 Å². The smallest absolute Gasteiger partial charge is 0.175 e. The molecule has 1 aromatic carbocycles. The van der Waals surface area contributed by atoms with Gasteiger partial charge in [0.1, 0.15) is 0 Å². The Morgan fingerprint density at radius 2 is 1.78 bits per heavy atom. The molecule has 3 rings (SSSR count). The summed E-state index contributed by atoms with van der Waals surface area (Å²) in [6.07, 6.45) is 7.56. The van der Waals surface area contributed by atoms with Gasteiger partial charge in [-0.1, -0.05) is 37.1 Å². The van der Waals surface area contributed by atoms with Gasteiger partial charge in [-0.05, 0) is 42.9 Å². The van der Waals surface area contributed by atoms with E-state index in [2.05, 4.69) is 12.1 Å². The fraction of sp³-hybridized carbons (Fsp3) is 0.562. The molecule has 0 aromatic heterocycles. The first-order valence-electron chi connectivity index (χ1n) is 7.10.